The predicted molar refractivity (Wildman–Crippen MR) is 81.5 cm³/mol. The quantitative estimate of drug-likeness (QED) is 0.893. The van der Waals surface area contributed by atoms with Crippen molar-refractivity contribution in [2.75, 3.05) is 39.5 Å². The number of nitrogens with one attached hydrogen (secondary N) is 1. The molecule has 0 bridgehead atoms. The second kappa shape index (κ2) is 6.11. The van der Waals surface area contributed by atoms with Crippen LogP contribution in [-0.2, 0) is 10.0 Å². The van der Waals surface area contributed by atoms with E-state index < -0.39 is 10.0 Å². The lowest BCUT2D eigenvalue weighted by atomic mass is 10.2. The first-order valence-electron chi connectivity index (χ1n) is 6.90. The number of likely N-dealkylation sites (N-methyl/N-ethyl adjacent to an activating group) is 1. The van der Waals surface area contributed by atoms with Crippen molar-refractivity contribution >= 4 is 15.7 Å². The number of sulfonamides is 1. The van der Waals surface area contributed by atoms with Gasteiger partial charge < -0.3 is 10.2 Å². The molecular weight excluding hydrogens is 274 g/mol. The Morgan fingerprint density at radius 1 is 1.35 bits per heavy atom. The molecule has 1 saturated heterocycles. The van der Waals surface area contributed by atoms with Crippen molar-refractivity contribution in [2.45, 2.75) is 23.8 Å². The van der Waals surface area contributed by atoms with E-state index in [4.69, 9.17) is 0 Å². The van der Waals surface area contributed by atoms with Crippen LogP contribution in [0.25, 0.3) is 0 Å². The summed E-state index contributed by atoms with van der Waals surface area (Å²) in [6.07, 6.45) is 1.86. The van der Waals surface area contributed by atoms with E-state index in [0.717, 1.165) is 19.4 Å². The van der Waals surface area contributed by atoms with Crippen LogP contribution in [0.1, 0.15) is 12.8 Å². The summed E-state index contributed by atoms with van der Waals surface area (Å²) in [6, 6.07) is 7.15. The highest BCUT2D eigenvalue weighted by molar-refractivity contribution is 7.89. The Hall–Kier alpha value is -1.11. The summed E-state index contributed by atoms with van der Waals surface area (Å²) < 4.78 is 27.4. The van der Waals surface area contributed by atoms with Gasteiger partial charge in [-0.2, -0.15) is 4.31 Å². The van der Waals surface area contributed by atoms with Gasteiger partial charge in [0, 0.05) is 26.2 Å². The van der Waals surface area contributed by atoms with Crippen molar-refractivity contribution in [1.29, 1.82) is 0 Å². The molecule has 0 aliphatic carbocycles. The Morgan fingerprint density at radius 3 is 2.70 bits per heavy atom. The molecule has 2 rings (SSSR count). The molecule has 1 aliphatic heterocycles. The standard InChI is InChI=1S/C14H23N3O2S/c1-15-13-8-4-5-9-14(13)20(18,19)17-10-6-7-12(17)11-16(2)3/h4-5,8-9,12,15H,6-7,10-11H2,1-3H3. The van der Waals surface area contributed by atoms with Crippen molar-refractivity contribution in [3.05, 3.63) is 24.3 Å². The van der Waals surface area contributed by atoms with Crippen LogP contribution < -0.4 is 5.32 Å². The lowest BCUT2D eigenvalue weighted by Gasteiger charge is -2.27. The van der Waals surface area contributed by atoms with Crippen molar-refractivity contribution in [1.82, 2.24) is 9.21 Å². The number of nitrogens with zero attached hydrogens (tertiary/aromatic N) is 2. The third kappa shape index (κ3) is 2.97. The minimum atomic E-state index is -3.43. The number of rotatable bonds is 5. The summed E-state index contributed by atoms with van der Waals surface area (Å²) in [5, 5.41) is 2.96. The average Bonchev–Trinajstić information content (AvgIpc) is 2.86. The molecule has 20 heavy (non-hydrogen) atoms. The Bertz CT molecular complexity index is 557. The molecule has 112 valence electrons. The van der Waals surface area contributed by atoms with E-state index in [1.807, 2.05) is 25.1 Å². The molecule has 1 aliphatic rings. The summed E-state index contributed by atoms with van der Waals surface area (Å²) in [4.78, 5) is 2.41. The van der Waals surface area contributed by atoms with E-state index in [-0.39, 0.29) is 6.04 Å². The van der Waals surface area contributed by atoms with Gasteiger partial charge in [0.1, 0.15) is 4.90 Å². The summed E-state index contributed by atoms with van der Waals surface area (Å²) in [6.45, 7) is 1.37. The third-order valence-corrected chi connectivity index (χ3v) is 5.65. The number of hydrogen-bond donors (Lipinski definition) is 1. The third-order valence-electron chi connectivity index (χ3n) is 3.64. The normalized spacial score (nSPS) is 20.5. The minimum absolute atomic E-state index is 0.0694. The van der Waals surface area contributed by atoms with E-state index in [2.05, 4.69) is 5.32 Å². The lowest BCUT2D eigenvalue weighted by molar-refractivity contribution is 0.291. The molecule has 0 spiro atoms. The first-order valence-corrected chi connectivity index (χ1v) is 8.34. The van der Waals surface area contributed by atoms with Crippen LogP contribution in [0, 0.1) is 0 Å². The first-order chi connectivity index (χ1) is 9.46. The van der Waals surface area contributed by atoms with Gasteiger partial charge >= 0.3 is 0 Å². The maximum atomic E-state index is 12.9. The molecule has 1 unspecified atom stereocenters. The maximum Gasteiger partial charge on any atom is 0.245 e. The summed E-state index contributed by atoms with van der Waals surface area (Å²) in [5.74, 6) is 0. The van der Waals surface area contributed by atoms with Crippen LogP contribution in [0.3, 0.4) is 0 Å². The molecule has 1 aromatic carbocycles. The zero-order valence-electron chi connectivity index (χ0n) is 12.3. The molecule has 5 nitrogen and oxygen atoms in total. The number of hydrogen-bond acceptors (Lipinski definition) is 4. The zero-order chi connectivity index (χ0) is 14.8. The molecule has 1 heterocycles. The fraction of sp³-hybridized carbons (Fsp3) is 0.571. The molecule has 0 radical (unpaired) electrons. The summed E-state index contributed by atoms with van der Waals surface area (Å²) in [5.41, 5.74) is 0.656. The Balaban J connectivity index is 2.34. The first kappa shape index (κ1) is 15.3. The van der Waals surface area contributed by atoms with Crippen LogP contribution in [0.4, 0.5) is 5.69 Å². The fourth-order valence-electron chi connectivity index (χ4n) is 2.75. The van der Waals surface area contributed by atoms with E-state index >= 15 is 0 Å². The minimum Gasteiger partial charge on any atom is -0.387 e. The molecular formula is C14H23N3O2S. The number of anilines is 1. The van der Waals surface area contributed by atoms with E-state index in [1.54, 1.807) is 29.6 Å². The largest absolute Gasteiger partial charge is 0.387 e. The average molecular weight is 297 g/mol. The van der Waals surface area contributed by atoms with Gasteiger partial charge in [0.05, 0.1) is 5.69 Å². The van der Waals surface area contributed by atoms with Crippen molar-refractivity contribution in [3.63, 3.8) is 0 Å². The second-order valence-electron chi connectivity index (χ2n) is 5.42. The van der Waals surface area contributed by atoms with E-state index in [0.29, 0.717) is 17.1 Å². The van der Waals surface area contributed by atoms with Crippen molar-refractivity contribution < 1.29 is 8.42 Å². The highest BCUT2D eigenvalue weighted by Crippen LogP contribution is 2.30. The highest BCUT2D eigenvalue weighted by Gasteiger charge is 2.36. The molecule has 0 aromatic heterocycles. The fourth-order valence-corrected chi connectivity index (χ4v) is 4.64. The van der Waals surface area contributed by atoms with Gasteiger partial charge in [-0.25, -0.2) is 8.42 Å². The lowest BCUT2D eigenvalue weighted by Crippen LogP contribution is -2.41. The van der Waals surface area contributed by atoms with Crippen LogP contribution in [-0.4, -0.2) is 57.9 Å². The summed E-state index contributed by atoms with van der Waals surface area (Å²) in [7, 11) is 2.27. The monoisotopic (exact) mass is 297 g/mol. The molecule has 6 heteroatoms. The van der Waals surface area contributed by atoms with Gasteiger partial charge in [-0.3, -0.25) is 0 Å². The smallest absolute Gasteiger partial charge is 0.245 e. The van der Waals surface area contributed by atoms with E-state index in [1.165, 1.54) is 0 Å². The summed E-state index contributed by atoms with van der Waals surface area (Å²) >= 11 is 0. The Labute approximate surface area is 121 Å². The SMILES string of the molecule is CNc1ccccc1S(=O)(=O)N1CCCC1CN(C)C. The van der Waals surface area contributed by atoms with Crippen LogP contribution >= 0.6 is 0 Å². The topological polar surface area (TPSA) is 52.7 Å². The van der Waals surface area contributed by atoms with Crippen molar-refractivity contribution in [2.24, 2.45) is 0 Å². The predicted octanol–water partition coefficient (Wildman–Crippen LogP) is 1.44. The molecule has 1 N–H and O–H groups in total. The van der Waals surface area contributed by atoms with Gasteiger partial charge in [0.15, 0.2) is 0 Å². The van der Waals surface area contributed by atoms with Crippen LogP contribution in [0.2, 0.25) is 0 Å². The van der Waals surface area contributed by atoms with Gasteiger partial charge in [0.2, 0.25) is 10.0 Å². The molecule has 0 saturated carbocycles. The maximum absolute atomic E-state index is 12.9. The van der Waals surface area contributed by atoms with Gasteiger partial charge in [-0.05, 0) is 39.1 Å². The molecule has 0 amide bonds. The van der Waals surface area contributed by atoms with Crippen molar-refractivity contribution in [3.8, 4) is 0 Å². The Morgan fingerprint density at radius 2 is 2.05 bits per heavy atom. The number of benzene rings is 1. The van der Waals surface area contributed by atoms with Gasteiger partial charge in [0.25, 0.3) is 0 Å². The number of para-hydroxylation sites is 1. The second-order valence-corrected chi connectivity index (χ2v) is 7.28. The zero-order valence-corrected chi connectivity index (χ0v) is 13.2. The van der Waals surface area contributed by atoms with Crippen LogP contribution in [0.15, 0.2) is 29.2 Å². The van der Waals surface area contributed by atoms with Crippen LogP contribution in [0.5, 0.6) is 0 Å². The van der Waals surface area contributed by atoms with Gasteiger partial charge in [-0.1, -0.05) is 12.1 Å². The molecule has 1 fully saturated rings. The van der Waals surface area contributed by atoms with Gasteiger partial charge in [-0.15, -0.1) is 0 Å². The highest BCUT2D eigenvalue weighted by atomic mass is 32.2. The Kier molecular flexibility index (Phi) is 4.67. The molecule has 1 aromatic rings. The molecule has 1 atom stereocenters. The van der Waals surface area contributed by atoms with E-state index in [9.17, 15) is 8.42 Å².